The maximum atomic E-state index is 12.7. The Kier molecular flexibility index (Phi) is 5.16. The molecule has 0 saturated carbocycles. The van der Waals surface area contributed by atoms with E-state index in [1.54, 1.807) is 6.07 Å². The predicted octanol–water partition coefficient (Wildman–Crippen LogP) is 3.91. The normalized spacial score (nSPS) is 15.8. The van der Waals surface area contributed by atoms with Crippen LogP contribution in [-0.2, 0) is 10.0 Å². The highest BCUT2D eigenvalue weighted by Crippen LogP contribution is 2.28. The first-order chi connectivity index (χ1) is 11.9. The summed E-state index contributed by atoms with van der Waals surface area (Å²) < 4.78 is 28.0. The number of rotatable bonds is 6. The average molecular weight is 359 g/mol. The molecular formula is C20H26N2O2S. The third-order valence-corrected chi connectivity index (χ3v) is 6.29. The van der Waals surface area contributed by atoms with Crippen molar-refractivity contribution >= 4 is 15.7 Å². The topological polar surface area (TPSA) is 49.4 Å². The fraction of sp³-hybridized carbons (Fsp3) is 0.400. The van der Waals surface area contributed by atoms with E-state index in [4.69, 9.17) is 0 Å². The molecule has 5 heteroatoms. The van der Waals surface area contributed by atoms with Gasteiger partial charge in [0.15, 0.2) is 0 Å². The van der Waals surface area contributed by atoms with Gasteiger partial charge in [-0.2, -0.15) is 0 Å². The average Bonchev–Trinajstić information content (AvgIpc) is 2.53. The lowest BCUT2D eigenvalue weighted by molar-refractivity contribution is 0.149. The van der Waals surface area contributed by atoms with E-state index in [0.717, 1.165) is 30.8 Å². The van der Waals surface area contributed by atoms with Gasteiger partial charge < -0.3 is 4.90 Å². The SMILES string of the molecule is CCCN1CC(c2ccc(NS(=O)(=O)c3cc(C)ccc3C)cc2)C1. The summed E-state index contributed by atoms with van der Waals surface area (Å²) in [5, 5.41) is 0. The largest absolute Gasteiger partial charge is 0.302 e. The highest BCUT2D eigenvalue weighted by atomic mass is 32.2. The van der Waals surface area contributed by atoms with E-state index in [1.165, 1.54) is 12.0 Å². The van der Waals surface area contributed by atoms with E-state index in [-0.39, 0.29) is 0 Å². The van der Waals surface area contributed by atoms with Crippen molar-refractivity contribution in [3.05, 3.63) is 59.2 Å². The maximum absolute atomic E-state index is 12.7. The van der Waals surface area contributed by atoms with E-state index >= 15 is 0 Å². The van der Waals surface area contributed by atoms with Crippen molar-refractivity contribution in [1.82, 2.24) is 4.90 Å². The molecule has 0 aromatic heterocycles. The van der Waals surface area contributed by atoms with Crippen LogP contribution in [0.5, 0.6) is 0 Å². The number of sulfonamides is 1. The van der Waals surface area contributed by atoms with Crippen molar-refractivity contribution in [3.8, 4) is 0 Å². The van der Waals surface area contributed by atoms with E-state index in [9.17, 15) is 8.42 Å². The quantitative estimate of drug-likeness (QED) is 0.852. The van der Waals surface area contributed by atoms with Crippen molar-refractivity contribution in [2.24, 2.45) is 0 Å². The first kappa shape index (κ1) is 18.0. The molecule has 2 aromatic carbocycles. The first-order valence-corrected chi connectivity index (χ1v) is 10.3. The fourth-order valence-electron chi connectivity index (χ4n) is 3.31. The Hall–Kier alpha value is -1.85. The Morgan fingerprint density at radius 1 is 1.08 bits per heavy atom. The Balaban J connectivity index is 1.70. The van der Waals surface area contributed by atoms with Crippen molar-refractivity contribution in [3.63, 3.8) is 0 Å². The van der Waals surface area contributed by atoms with Gasteiger partial charge in [0, 0.05) is 24.7 Å². The lowest BCUT2D eigenvalue weighted by Gasteiger charge is -2.39. The molecule has 0 aliphatic carbocycles. The molecule has 1 fully saturated rings. The molecule has 1 aliphatic heterocycles. The minimum absolute atomic E-state index is 0.339. The molecule has 1 saturated heterocycles. The van der Waals surface area contributed by atoms with Gasteiger partial charge in [-0.1, -0.05) is 31.2 Å². The molecule has 3 rings (SSSR count). The van der Waals surface area contributed by atoms with Gasteiger partial charge in [-0.25, -0.2) is 8.42 Å². The Morgan fingerprint density at radius 2 is 1.76 bits per heavy atom. The van der Waals surface area contributed by atoms with Crippen LogP contribution in [0.3, 0.4) is 0 Å². The minimum atomic E-state index is -3.57. The van der Waals surface area contributed by atoms with Gasteiger partial charge in [-0.05, 0) is 61.7 Å². The summed E-state index contributed by atoms with van der Waals surface area (Å²) in [5.41, 5.74) is 3.57. The van der Waals surface area contributed by atoms with Crippen LogP contribution in [0.4, 0.5) is 5.69 Å². The lowest BCUT2D eigenvalue weighted by Crippen LogP contribution is -2.45. The summed E-state index contributed by atoms with van der Waals surface area (Å²) in [7, 11) is -3.57. The van der Waals surface area contributed by atoms with Gasteiger partial charge in [0.1, 0.15) is 0 Å². The Morgan fingerprint density at radius 3 is 2.40 bits per heavy atom. The molecule has 0 bridgehead atoms. The van der Waals surface area contributed by atoms with Gasteiger partial charge >= 0.3 is 0 Å². The number of hydrogen-bond acceptors (Lipinski definition) is 3. The molecule has 0 unspecified atom stereocenters. The smallest absolute Gasteiger partial charge is 0.262 e. The highest BCUT2D eigenvalue weighted by Gasteiger charge is 2.27. The molecule has 134 valence electrons. The summed E-state index contributed by atoms with van der Waals surface area (Å²) >= 11 is 0. The molecule has 25 heavy (non-hydrogen) atoms. The zero-order valence-corrected chi connectivity index (χ0v) is 15.9. The molecule has 0 radical (unpaired) electrons. The second-order valence-corrected chi connectivity index (χ2v) is 8.60. The van der Waals surface area contributed by atoms with Gasteiger partial charge in [0.25, 0.3) is 10.0 Å². The van der Waals surface area contributed by atoms with Gasteiger partial charge in [-0.3, -0.25) is 4.72 Å². The van der Waals surface area contributed by atoms with Crippen LogP contribution in [0.15, 0.2) is 47.4 Å². The van der Waals surface area contributed by atoms with Crippen LogP contribution in [0, 0.1) is 13.8 Å². The van der Waals surface area contributed by atoms with Crippen LogP contribution in [0.2, 0.25) is 0 Å². The second-order valence-electron chi connectivity index (χ2n) is 6.95. The number of nitrogens with one attached hydrogen (secondary N) is 1. The molecule has 4 nitrogen and oxygen atoms in total. The van der Waals surface area contributed by atoms with Crippen LogP contribution in [0.25, 0.3) is 0 Å². The summed E-state index contributed by atoms with van der Waals surface area (Å²) in [6.07, 6.45) is 1.19. The fourth-order valence-corrected chi connectivity index (χ4v) is 4.70. The van der Waals surface area contributed by atoms with Crippen LogP contribution < -0.4 is 4.72 Å². The molecule has 2 aromatic rings. The van der Waals surface area contributed by atoms with Gasteiger partial charge in [-0.15, -0.1) is 0 Å². The van der Waals surface area contributed by atoms with Crippen LogP contribution >= 0.6 is 0 Å². The number of aryl methyl sites for hydroxylation is 2. The molecule has 0 spiro atoms. The van der Waals surface area contributed by atoms with Crippen LogP contribution in [-0.4, -0.2) is 33.0 Å². The summed E-state index contributed by atoms with van der Waals surface area (Å²) in [6.45, 7) is 9.26. The summed E-state index contributed by atoms with van der Waals surface area (Å²) in [6, 6.07) is 13.3. The van der Waals surface area contributed by atoms with Crippen molar-refractivity contribution in [2.75, 3.05) is 24.4 Å². The highest BCUT2D eigenvalue weighted by molar-refractivity contribution is 7.92. The van der Waals surface area contributed by atoms with Gasteiger partial charge in [0.05, 0.1) is 4.90 Å². The number of likely N-dealkylation sites (tertiary alicyclic amines) is 1. The van der Waals surface area contributed by atoms with Crippen molar-refractivity contribution in [2.45, 2.75) is 38.0 Å². The second kappa shape index (κ2) is 7.18. The van der Waals surface area contributed by atoms with E-state index in [2.05, 4.69) is 16.5 Å². The summed E-state index contributed by atoms with van der Waals surface area (Å²) in [5.74, 6) is 0.566. The third kappa shape index (κ3) is 4.05. The monoisotopic (exact) mass is 358 g/mol. The van der Waals surface area contributed by atoms with E-state index < -0.39 is 10.0 Å². The minimum Gasteiger partial charge on any atom is -0.302 e. The first-order valence-electron chi connectivity index (χ1n) is 8.81. The molecule has 1 heterocycles. The molecule has 0 atom stereocenters. The van der Waals surface area contributed by atoms with Crippen molar-refractivity contribution < 1.29 is 8.42 Å². The van der Waals surface area contributed by atoms with Gasteiger partial charge in [0.2, 0.25) is 0 Å². The number of nitrogens with zero attached hydrogens (tertiary/aromatic N) is 1. The van der Waals surface area contributed by atoms with Crippen molar-refractivity contribution in [1.29, 1.82) is 0 Å². The molecule has 1 N–H and O–H groups in total. The van der Waals surface area contributed by atoms with E-state index in [1.807, 2.05) is 50.2 Å². The number of benzene rings is 2. The molecule has 1 aliphatic rings. The molecule has 0 amide bonds. The summed E-state index contributed by atoms with van der Waals surface area (Å²) in [4.78, 5) is 2.78. The van der Waals surface area contributed by atoms with E-state index in [0.29, 0.717) is 16.5 Å². The number of hydrogen-bond donors (Lipinski definition) is 1. The Labute approximate surface area is 150 Å². The lowest BCUT2D eigenvalue weighted by atomic mass is 9.91. The Bertz CT molecular complexity index is 838. The zero-order valence-electron chi connectivity index (χ0n) is 15.1. The molecular weight excluding hydrogens is 332 g/mol. The number of anilines is 1. The maximum Gasteiger partial charge on any atom is 0.262 e. The standard InChI is InChI=1S/C20H26N2O2S/c1-4-11-22-13-18(14-22)17-7-9-19(10-8-17)21-25(23,24)20-12-15(2)5-6-16(20)3/h5-10,12,18,21H,4,11,13-14H2,1-3H3. The zero-order chi connectivity index (χ0) is 18.0. The predicted molar refractivity (Wildman–Crippen MR) is 103 cm³/mol. The van der Waals surface area contributed by atoms with Crippen LogP contribution in [0.1, 0.15) is 36.0 Å². The third-order valence-electron chi connectivity index (χ3n) is 4.76.